The van der Waals surface area contributed by atoms with E-state index in [-0.39, 0.29) is 17.2 Å². The number of hydrogen-bond donors (Lipinski definition) is 1. The van der Waals surface area contributed by atoms with Crippen LogP contribution in [0.2, 0.25) is 5.02 Å². The molecule has 0 bridgehead atoms. The van der Waals surface area contributed by atoms with Crippen molar-refractivity contribution >= 4 is 17.6 Å². The van der Waals surface area contributed by atoms with Gasteiger partial charge in [-0.2, -0.15) is 13.2 Å². The lowest BCUT2D eigenvalue weighted by Crippen LogP contribution is -2.36. The molecule has 0 radical (unpaired) electrons. The van der Waals surface area contributed by atoms with Gasteiger partial charge in [-0.05, 0) is 24.6 Å². The van der Waals surface area contributed by atoms with E-state index in [1.54, 1.807) is 6.92 Å². The van der Waals surface area contributed by atoms with Crippen LogP contribution in [0.5, 0.6) is 5.75 Å². The van der Waals surface area contributed by atoms with Crippen LogP contribution in [0, 0.1) is 0 Å². The van der Waals surface area contributed by atoms with Crippen LogP contribution in [0.4, 0.5) is 13.2 Å². The van der Waals surface area contributed by atoms with Crippen LogP contribution < -0.4 is 10.1 Å². The van der Waals surface area contributed by atoms with E-state index in [1.807, 2.05) is 0 Å². The standard InChI is InChI=1S/C13H15ClF3NO3/c1-3-21-12(19)11(18-7-13(15,16)17)8-4-5-10(20-2)9(14)6-8/h4-6,11,18H,3,7H2,1-2H3. The smallest absolute Gasteiger partial charge is 0.401 e. The van der Waals surface area contributed by atoms with Gasteiger partial charge in [0.1, 0.15) is 11.8 Å². The minimum Gasteiger partial charge on any atom is -0.495 e. The average molecular weight is 326 g/mol. The molecule has 0 saturated heterocycles. The summed E-state index contributed by atoms with van der Waals surface area (Å²) >= 11 is 5.92. The maximum absolute atomic E-state index is 12.3. The Morgan fingerprint density at radius 2 is 2.10 bits per heavy atom. The maximum Gasteiger partial charge on any atom is 0.401 e. The first-order valence-corrected chi connectivity index (χ1v) is 6.46. The van der Waals surface area contributed by atoms with Gasteiger partial charge in [0.05, 0.1) is 25.3 Å². The fourth-order valence-electron chi connectivity index (χ4n) is 1.64. The molecular weight excluding hydrogens is 311 g/mol. The normalized spacial score (nSPS) is 12.9. The van der Waals surface area contributed by atoms with Gasteiger partial charge in [0.15, 0.2) is 0 Å². The second kappa shape index (κ2) is 7.51. The molecule has 0 amide bonds. The first kappa shape index (κ1) is 17.6. The molecular formula is C13H15ClF3NO3. The van der Waals surface area contributed by atoms with E-state index in [0.29, 0.717) is 5.75 Å². The van der Waals surface area contributed by atoms with Crippen LogP contribution >= 0.6 is 11.6 Å². The fourth-order valence-corrected chi connectivity index (χ4v) is 1.91. The van der Waals surface area contributed by atoms with Gasteiger partial charge in [0.25, 0.3) is 0 Å². The molecule has 1 atom stereocenters. The summed E-state index contributed by atoms with van der Waals surface area (Å²) < 4.78 is 46.7. The van der Waals surface area contributed by atoms with Crippen molar-refractivity contribution in [3.8, 4) is 5.75 Å². The number of nitrogens with one attached hydrogen (secondary N) is 1. The predicted molar refractivity (Wildman–Crippen MR) is 71.4 cm³/mol. The highest BCUT2D eigenvalue weighted by molar-refractivity contribution is 6.32. The van der Waals surface area contributed by atoms with E-state index in [4.69, 9.17) is 21.1 Å². The number of ether oxygens (including phenoxy) is 2. The van der Waals surface area contributed by atoms with E-state index in [9.17, 15) is 18.0 Å². The van der Waals surface area contributed by atoms with Crippen LogP contribution in [0.1, 0.15) is 18.5 Å². The van der Waals surface area contributed by atoms with Gasteiger partial charge >= 0.3 is 12.1 Å². The van der Waals surface area contributed by atoms with E-state index >= 15 is 0 Å². The van der Waals surface area contributed by atoms with Crippen LogP contribution in [0.15, 0.2) is 18.2 Å². The van der Waals surface area contributed by atoms with Crippen molar-refractivity contribution in [3.05, 3.63) is 28.8 Å². The zero-order valence-electron chi connectivity index (χ0n) is 11.5. The van der Waals surface area contributed by atoms with E-state index in [1.165, 1.54) is 25.3 Å². The molecule has 1 aromatic rings. The summed E-state index contributed by atoms with van der Waals surface area (Å²) in [4.78, 5) is 11.8. The van der Waals surface area contributed by atoms with Gasteiger partial charge in [0, 0.05) is 0 Å². The molecule has 118 valence electrons. The predicted octanol–water partition coefficient (Wildman–Crippen LogP) is 3.10. The van der Waals surface area contributed by atoms with Crippen LogP contribution in [0.25, 0.3) is 0 Å². The molecule has 1 unspecified atom stereocenters. The molecule has 0 saturated carbocycles. The quantitative estimate of drug-likeness (QED) is 0.816. The Hall–Kier alpha value is -1.47. The Kier molecular flexibility index (Phi) is 6.29. The third kappa shape index (κ3) is 5.43. The Labute approximate surface area is 125 Å². The number of hydrogen-bond acceptors (Lipinski definition) is 4. The van der Waals surface area contributed by atoms with Crippen molar-refractivity contribution in [2.45, 2.75) is 19.1 Å². The molecule has 0 spiro atoms. The fraction of sp³-hybridized carbons (Fsp3) is 0.462. The summed E-state index contributed by atoms with van der Waals surface area (Å²) in [5.74, 6) is -0.443. The Morgan fingerprint density at radius 3 is 2.57 bits per heavy atom. The molecule has 0 aliphatic rings. The third-order valence-corrected chi connectivity index (χ3v) is 2.83. The lowest BCUT2D eigenvalue weighted by atomic mass is 10.1. The third-order valence-electron chi connectivity index (χ3n) is 2.54. The lowest BCUT2D eigenvalue weighted by Gasteiger charge is -2.19. The van der Waals surface area contributed by atoms with Crippen molar-refractivity contribution in [1.82, 2.24) is 5.32 Å². The van der Waals surface area contributed by atoms with Gasteiger partial charge < -0.3 is 9.47 Å². The second-order valence-electron chi connectivity index (χ2n) is 4.08. The molecule has 4 nitrogen and oxygen atoms in total. The average Bonchev–Trinajstić information content (AvgIpc) is 2.38. The van der Waals surface area contributed by atoms with Crippen molar-refractivity contribution in [1.29, 1.82) is 0 Å². The molecule has 0 heterocycles. The minimum atomic E-state index is -4.44. The molecule has 1 N–H and O–H groups in total. The number of rotatable bonds is 6. The number of alkyl halides is 3. The molecule has 0 aliphatic heterocycles. The number of benzene rings is 1. The van der Waals surface area contributed by atoms with E-state index < -0.39 is 24.7 Å². The number of halogens is 4. The van der Waals surface area contributed by atoms with Gasteiger partial charge in [-0.25, -0.2) is 4.79 Å². The number of methoxy groups -OCH3 is 1. The number of carbonyl (C=O) groups is 1. The molecule has 1 rings (SSSR count). The van der Waals surface area contributed by atoms with E-state index in [0.717, 1.165) is 0 Å². The molecule has 0 aliphatic carbocycles. The van der Waals surface area contributed by atoms with Crippen molar-refractivity contribution in [2.24, 2.45) is 0 Å². The first-order valence-electron chi connectivity index (χ1n) is 6.08. The lowest BCUT2D eigenvalue weighted by molar-refractivity contribution is -0.149. The minimum absolute atomic E-state index is 0.0624. The monoisotopic (exact) mass is 325 g/mol. The highest BCUT2D eigenvalue weighted by Crippen LogP contribution is 2.28. The van der Waals surface area contributed by atoms with Crippen molar-refractivity contribution in [3.63, 3.8) is 0 Å². The summed E-state index contributed by atoms with van der Waals surface area (Å²) in [6.45, 7) is 0.312. The van der Waals surface area contributed by atoms with Gasteiger partial charge in [-0.1, -0.05) is 17.7 Å². The Balaban J connectivity index is 2.99. The molecule has 1 aromatic carbocycles. The molecule has 21 heavy (non-hydrogen) atoms. The van der Waals surface area contributed by atoms with Crippen LogP contribution in [-0.4, -0.2) is 32.4 Å². The van der Waals surface area contributed by atoms with Crippen molar-refractivity contribution in [2.75, 3.05) is 20.3 Å². The summed E-state index contributed by atoms with van der Waals surface area (Å²) in [6, 6.07) is 3.04. The molecule has 0 fully saturated rings. The topological polar surface area (TPSA) is 47.6 Å². The molecule has 0 aromatic heterocycles. The Bertz CT molecular complexity index is 494. The summed E-state index contributed by atoms with van der Waals surface area (Å²) in [5.41, 5.74) is 0.267. The van der Waals surface area contributed by atoms with Crippen LogP contribution in [-0.2, 0) is 9.53 Å². The summed E-state index contributed by atoms with van der Waals surface area (Å²) in [7, 11) is 1.41. The number of esters is 1. The SMILES string of the molecule is CCOC(=O)C(NCC(F)(F)F)c1ccc(OC)c(Cl)c1. The van der Waals surface area contributed by atoms with Gasteiger partial charge in [0.2, 0.25) is 0 Å². The second-order valence-corrected chi connectivity index (χ2v) is 4.48. The molecule has 8 heteroatoms. The highest BCUT2D eigenvalue weighted by atomic mass is 35.5. The first-order chi connectivity index (χ1) is 9.78. The zero-order valence-corrected chi connectivity index (χ0v) is 12.2. The van der Waals surface area contributed by atoms with Crippen LogP contribution in [0.3, 0.4) is 0 Å². The van der Waals surface area contributed by atoms with Gasteiger partial charge in [-0.3, -0.25) is 5.32 Å². The van der Waals surface area contributed by atoms with Gasteiger partial charge in [-0.15, -0.1) is 0 Å². The highest BCUT2D eigenvalue weighted by Gasteiger charge is 2.31. The largest absolute Gasteiger partial charge is 0.495 e. The van der Waals surface area contributed by atoms with E-state index in [2.05, 4.69) is 5.32 Å². The summed E-state index contributed by atoms with van der Waals surface area (Å²) in [5, 5.41) is 2.32. The Morgan fingerprint density at radius 1 is 1.43 bits per heavy atom. The zero-order chi connectivity index (χ0) is 16.0. The maximum atomic E-state index is 12.3. The van der Waals surface area contributed by atoms with Crippen molar-refractivity contribution < 1.29 is 27.4 Å². The summed E-state index contributed by atoms with van der Waals surface area (Å²) in [6.07, 6.45) is -4.44. The number of carbonyl (C=O) groups excluding carboxylic acids is 1.